The molecule has 1 unspecified atom stereocenters. The molecule has 0 aliphatic heterocycles. The SMILES string of the molecule is CCC1CCC(NC(=O)NCC(C)CC(=O)O)CC1. The molecule has 0 aromatic rings. The first-order valence-corrected chi connectivity index (χ1v) is 7.27. The Labute approximate surface area is 115 Å². The van der Waals surface area contributed by atoms with Crippen LogP contribution in [-0.4, -0.2) is 29.7 Å². The van der Waals surface area contributed by atoms with Crippen LogP contribution in [0.5, 0.6) is 0 Å². The highest BCUT2D eigenvalue weighted by Crippen LogP contribution is 2.26. The zero-order valence-electron chi connectivity index (χ0n) is 11.9. The van der Waals surface area contributed by atoms with Crippen molar-refractivity contribution in [2.75, 3.05) is 6.54 Å². The average Bonchev–Trinajstić information content (AvgIpc) is 2.36. The van der Waals surface area contributed by atoms with Gasteiger partial charge >= 0.3 is 12.0 Å². The fraction of sp³-hybridized carbons (Fsp3) is 0.857. The van der Waals surface area contributed by atoms with Crippen LogP contribution in [0.25, 0.3) is 0 Å². The molecule has 3 N–H and O–H groups in total. The van der Waals surface area contributed by atoms with E-state index in [1.807, 2.05) is 6.92 Å². The van der Waals surface area contributed by atoms with E-state index in [0.717, 1.165) is 18.8 Å². The molecular formula is C14H26N2O3. The van der Waals surface area contributed by atoms with Crippen molar-refractivity contribution in [1.82, 2.24) is 10.6 Å². The zero-order valence-corrected chi connectivity index (χ0v) is 11.9. The third-order valence-electron chi connectivity index (χ3n) is 3.89. The highest BCUT2D eigenvalue weighted by atomic mass is 16.4. The van der Waals surface area contributed by atoms with Gasteiger partial charge in [0.1, 0.15) is 0 Å². The van der Waals surface area contributed by atoms with Crippen molar-refractivity contribution >= 4 is 12.0 Å². The molecule has 5 heteroatoms. The van der Waals surface area contributed by atoms with Gasteiger partial charge in [-0.15, -0.1) is 0 Å². The summed E-state index contributed by atoms with van der Waals surface area (Å²) in [7, 11) is 0. The third-order valence-corrected chi connectivity index (χ3v) is 3.89. The van der Waals surface area contributed by atoms with Gasteiger partial charge in [-0.2, -0.15) is 0 Å². The lowest BCUT2D eigenvalue weighted by molar-refractivity contribution is -0.137. The van der Waals surface area contributed by atoms with Crippen LogP contribution in [0.2, 0.25) is 0 Å². The Balaban J connectivity index is 2.16. The Morgan fingerprint density at radius 2 is 1.89 bits per heavy atom. The summed E-state index contributed by atoms with van der Waals surface area (Å²) >= 11 is 0. The smallest absolute Gasteiger partial charge is 0.315 e. The molecule has 1 saturated carbocycles. The molecule has 1 rings (SSSR count). The van der Waals surface area contributed by atoms with Gasteiger partial charge < -0.3 is 15.7 Å². The van der Waals surface area contributed by atoms with Gasteiger partial charge in [0, 0.05) is 19.0 Å². The second-order valence-electron chi connectivity index (χ2n) is 5.68. The predicted molar refractivity (Wildman–Crippen MR) is 74.0 cm³/mol. The predicted octanol–water partition coefficient (Wildman–Crippen LogP) is 2.37. The van der Waals surface area contributed by atoms with Crippen molar-refractivity contribution in [3.8, 4) is 0 Å². The van der Waals surface area contributed by atoms with E-state index in [9.17, 15) is 9.59 Å². The highest BCUT2D eigenvalue weighted by molar-refractivity contribution is 5.74. The molecule has 0 spiro atoms. The molecule has 19 heavy (non-hydrogen) atoms. The molecule has 5 nitrogen and oxygen atoms in total. The van der Waals surface area contributed by atoms with Crippen molar-refractivity contribution < 1.29 is 14.7 Å². The number of aliphatic carboxylic acids is 1. The van der Waals surface area contributed by atoms with Gasteiger partial charge in [-0.3, -0.25) is 4.79 Å². The van der Waals surface area contributed by atoms with Crippen LogP contribution in [0.3, 0.4) is 0 Å². The first-order valence-electron chi connectivity index (χ1n) is 7.27. The first-order chi connectivity index (χ1) is 9.01. The van der Waals surface area contributed by atoms with Gasteiger partial charge in [-0.1, -0.05) is 20.3 Å². The third kappa shape index (κ3) is 6.45. The Morgan fingerprint density at radius 3 is 2.42 bits per heavy atom. The van der Waals surface area contributed by atoms with Crippen LogP contribution < -0.4 is 10.6 Å². The molecule has 1 aliphatic rings. The summed E-state index contributed by atoms with van der Waals surface area (Å²) in [4.78, 5) is 22.2. The minimum absolute atomic E-state index is 0.0425. The molecule has 0 saturated heterocycles. The Morgan fingerprint density at radius 1 is 1.26 bits per heavy atom. The zero-order chi connectivity index (χ0) is 14.3. The highest BCUT2D eigenvalue weighted by Gasteiger charge is 2.21. The number of carboxylic acids is 1. The Kier molecular flexibility index (Phi) is 6.67. The van der Waals surface area contributed by atoms with Gasteiger partial charge in [0.05, 0.1) is 0 Å². The van der Waals surface area contributed by atoms with E-state index < -0.39 is 5.97 Å². The second kappa shape index (κ2) is 8.02. The molecule has 0 aromatic heterocycles. The van der Waals surface area contributed by atoms with E-state index in [4.69, 9.17) is 5.11 Å². The van der Waals surface area contributed by atoms with Crippen LogP contribution in [0.4, 0.5) is 4.79 Å². The standard InChI is InChI=1S/C14H26N2O3/c1-3-11-4-6-12(7-5-11)16-14(19)15-9-10(2)8-13(17)18/h10-12H,3-9H2,1-2H3,(H,17,18)(H2,15,16,19). The summed E-state index contributed by atoms with van der Waals surface area (Å²) in [5.74, 6) is -0.0524. The van der Waals surface area contributed by atoms with Crippen LogP contribution in [0.1, 0.15) is 52.4 Å². The number of carboxylic acid groups (broad SMARTS) is 1. The summed E-state index contributed by atoms with van der Waals surface area (Å²) in [5.41, 5.74) is 0. The lowest BCUT2D eigenvalue weighted by atomic mass is 9.85. The Bertz CT molecular complexity index is 299. The van der Waals surface area contributed by atoms with Crippen LogP contribution in [0.15, 0.2) is 0 Å². The van der Waals surface area contributed by atoms with Crippen molar-refractivity contribution in [3.05, 3.63) is 0 Å². The topological polar surface area (TPSA) is 78.4 Å². The monoisotopic (exact) mass is 270 g/mol. The number of carbonyl (C=O) groups excluding carboxylic acids is 1. The van der Waals surface area contributed by atoms with E-state index in [1.54, 1.807) is 0 Å². The number of hydrogen-bond acceptors (Lipinski definition) is 2. The number of nitrogens with one attached hydrogen (secondary N) is 2. The fourth-order valence-electron chi connectivity index (χ4n) is 2.59. The molecule has 1 aliphatic carbocycles. The van der Waals surface area contributed by atoms with Crippen molar-refractivity contribution in [2.45, 2.75) is 58.4 Å². The molecule has 2 amide bonds. The van der Waals surface area contributed by atoms with E-state index in [2.05, 4.69) is 17.6 Å². The van der Waals surface area contributed by atoms with Gasteiger partial charge in [-0.05, 0) is 37.5 Å². The molecule has 0 radical (unpaired) electrons. The van der Waals surface area contributed by atoms with Gasteiger partial charge in [0.2, 0.25) is 0 Å². The van der Waals surface area contributed by atoms with Gasteiger partial charge in [0.25, 0.3) is 0 Å². The summed E-state index contributed by atoms with van der Waals surface area (Å²) < 4.78 is 0. The summed E-state index contributed by atoms with van der Waals surface area (Å²) in [6.07, 6.45) is 5.80. The quantitative estimate of drug-likeness (QED) is 0.693. The number of urea groups is 1. The minimum Gasteiger partial charge on any atom is -0.481 e. The van der Waals surface area contributed by atoms with Crippen molar-refractivity contribution in [3.63, 3.8) is 0 Å². The lowest BCUT2D eigenvalue weighted by Crippen LogP contribution is -2.44. The van der Waals surface area contributed by atoms with Gasteiger partial charge in [0.15, 0.2) is 0 Å². The van der Waals surface area contributed by atoms with Crippen LogP contribution in [0, 0.1) is 11.8 Å². The van der Waals surface area contributed by atoms with E-state index in [1.165, 1.54) is 19.3 Å². The van der Waals surface area contributed by atoms with Crippen molar-refractivity contribution in [1.29, 1.82) is 0 Å². The number of rotatable bonds is 6. The molecule has 1 fully saturated rings. The van der Waals surface area contributed by atoms with E-state index in [-0.39, 0.29) is 24.4 Å². The summed E-state index contributed by atoms with van der Waals surface area (Å²) in [5, 5.41) is 14.4. The van der Waals surface area contributed by atoms with Crippen LogP contribution >= 0.6 is 0 Å². The van der Waals surface area contributed by atoms with Crippen molar-refractivity contribution in [2.24, 2.45) is 11.8 Å². The maximum atomic E-state index is 11.7. The van der Waals surface area contributed by atoms with Crippen LogP contribution in [-0.2, 0) is 4.79 Å². The molecule has 1 atom stereocenters. The summed E-state index contributed by atoms with van der Waals surface area (Å²) in [6.45, 7) is 4.44. The van der Waals surface area contributed by atoms with E-state index >= 15 is 0 Å². The number of amides is 2. The molecule has 0 aromatic carbocycles. The largest absolute Gasteiger partial charge is 0.481 e. The molecule has 0 bridgehead atoms. The molecule has 110 valence electrons. The maximum absolute atomic E-state index is 11.7. The maximum Gasteiger partial charge on any atom is 0.315 e. The van der Waals surface area contributed by atoms with Gasteiger partial charge in [-0.25, -0.2) is 4.79 Å². The second-order valence-corrected chi connectivity index (χ2v) is 5.68. The number of carbonyl (C=O) groups is 2. The fourth-order valence-corrected chi connectivity index (χ4v) is 2.59. The number of hydrogen-bond donors (Lipinski definition) is 3. The molecule has 0 heterocycles. The lowest BCUT2D eigenvalue weighted by Gasteiger charge is -2.28. The van der Waals surface area contributed by atoms with E-state index in [0.29, 0.717) is 6.54 Å². The summed E-state index contributed by atoms with van der Waals surface area (Å²) in [6, 6.07) is 0.106. The first kappa shape index (κ1) is 15.8. The average molecular weight is 270 g/mol. The Hall–Kier alpha value is -1.26. The molecular weight excluding hydrogens is 244 g/mol. The minimum atomic E-state index is -0.826. The normalized spacial score (nSPS) is 24.5.